The van der Waals surface area contributed by atoms with E-state index in [9.17, 15) is 0 Å². The molecular formula is C12H26N2. The second-order valence-electron chi connectivity index (χ2n) is 4.79. The fourth-order valence-electron chi connectivity index (χ4n) is 2.95. The third-order valence-corrected chi connectivity index (χ3v) is 4.45. The maximum Gasteiger partial charge on any atom is 0.0333 e. The van der Waals surface area contributed by atoms with Crippen LogP contribution in [0.25, 0.3) is 0 Å². The Balaban J connectivity index is 2.85. The van der Waals surface area contributed by atoms with Gasteiger partial charge in [-0.2, -0.15) is 0 Å². The maximum absolute atomic E-state index is 6.30. The first kappa shape index (κ1) is 12.0. The van der Waals surface area contributed by atoms with Crippen molar-refractivity contribution < 1.29 is 0 Å². The van der Waals surface area contributed by atoms with Crippen LogP contribution >= 0.6 is 0 Å². The molecule has 3 N–H and O–H groups in total. The van der Waals surface area contributed by atoms with Gasteiger partial charge in [-0.1, -0.05) is 27.7 Å². The lowest BCUT2D eigenvalue weighted by atomic mass is 9.85. The van der Waals surface area contributed by atoms with Crippen LogP contribution in [0.1, 0.15) is 59.8 Å². The van der Waals surface area contributed by atoms with Crippen molar-refractivity contribution in [1.82, 2.24) is 5.32 Å². The van der Waals surface area contributed by atoms with E-state index in [0.29, 0.717) is 11.6 Å². The smallest absolute Gasteiger partial charge is 0.0333 e. The highest BCUT2D eigenvalue weighted by Crippen LogP contribution is 2.38. The summed E-state index contributed by atoms with van der Waals surface area (Å²) in [5.74, 6) is 0. The fourth-order valence-corrected chi connectivity index (χ4v) is 2.95. The molecule has 1 heterocycles. The van der Waals surface area contributed by atoms with Gasteiger partial charge in [-0.3, -0.25) is 0 Å². The molecule has 1 aliphatic rings. The summed E-state index contributed by atoms with van der Waals surface area (Å²) in [5.41, 5.74) is 6.81. The van der Waals surface area contributed by atoms with Crippen molar-refractivity contribution >= 4 is 0 Å². The molecule has 2 heteroatoms. The molecule has 1 rings (SSSR count). The summed E-state index contributed by atoms with van der Waals surface area (Å²) in [7, 11) is 0. The van der Waals surface area contributed by atoms with Crippen molar-refractivity contribution in [2.24, 2.45) is 5.73 Å². The summed E-state index contributed by atoms with van der Waals surface area (Å²) < 4.78 is 0. The van der Waals surface area contributed by atoms with E-state index in [2.05, 4.69) is 33.0 Å². The topological polar surface area (TPSA) is 38.0 Å². The van der Waals surface area contributed by atoms with E-state index in [1.807, 2.05) is 0 Å². The largest absolute Gasteiger partial charge is 0.326 e. The summed E-state index contributed by atoms with van der Waals surface area (Å²) in [5, 5.41) is 3.84. The molecule has 1 unspecified atom stereocenters. The Morgan fingerprint density at radius 2 is 1.57 bits per heavy atom. The molecule has 0 spiro atoms. The Kier molecular flexibility index (Phi) is 3.59. The third-order valence-electron chi connectivity index (χ3n) is 4.45. The zero-order valence-electron chi connectivity index (χ0n) is 10.2. The van der Waals surface area contributed by atoms with Crippen molar-refractivity contribution in [2.45, 2.75) is 76.9 Å². The highest BCUT2D eigenvalue weighted by molar-refractivity contribution is 5.11. The first-order valence-corrected chi connectivity index (χ1v) is 6.13. The predicted octanol–water partition coefficient (Wildman–Crippen LogP) is 2.42. The average Bonchev–Trinajstić information content (AvgIpc) is 2.53. The normalized spacial score (nSPS) is 29.4. The molecule has 0 aliphatic carbocycles. The van der Waals surface area contributed by atoms with Crippen molar-refractivity contribution in [3.8, 4) is 0 Å². The van der Waals surface area contributed by atoms with Gasteiger partial charge in [0, 0.05) is 17.1 Å². The van der Waals surface area contributed by atoms with Gasteiger partial charge in [0.2, 0.25) is 0 Å². The zero-order valence-corrected chi connectivity index (χ0v) is 10.2. The lowest BCUT2D eigenvalue weighted by molar-refractivity contribution is 0.255. The lowest BCUT2D eigenvalue weighted by Gasteiger charge is -2.35. The van der Waals surface area contributed by atoms with E-state index < -0.39 is 0 Å². The summed E-state index contributed by atoms with van der Waals surface area (Å²) in [6.07, 6.45) is 5.82. The van der Waals surface area contributed by atoms with Gasteiger partial charge < -0.3 is 11.1 Å². The van der Waals surface area contributed by atoms with Gasteiger partial charge in [0.1, 0.15) is 0 Å². The van der Waals surface area contributed by atoms with Crippen LogP contribution in [0.4, 0.5) is 0 Å². The van der Waals surface area contributed by atoms with Gasteiger partial charge >= 0.3 is 0 Å². The molecule has 84 valence electrons. The first-order valence-electron chi connectivity index (χ1n) is 6.13. The number of nitrogens with one attached hydrogen (secondary N) is 1. The monoisotopic (exact) mass is 198 g/mol. The van der Waals surface area contributed by atoms with Crippen molar-refractivity contribution in [1.29, 1.82) is 0 Å². The Hall–Kier alpha value is -0.0800. The van der Waals surface area contributed by atoms with Crippen LogP contribution in [-0.2, 0) is 0 Å². The standard InChI is InChI=1S/C12H26N2/c1-5-11(6-2)9-10(13)12(7-3,8-4)14-11/h10,14H,5-9,13H2,1-4H3. The molecule has 1 atom stereocenters. The predicted molar refractivity (Wildman–Crippen MR) is 62.4 cm³/mol. The van der Waals surface area contributed by atoms with Gasteiger partial charge in [-0.05, 0) is 32.1 Å². The van der Waals surface area contributed by atoms with Crippen molar-refractivity contribution in [3.05, 3.63) is 0 Å². The van der Waals surface area contributed by atoms with Crippen LogP contribution in [0.5, 0.6) is 0 Å². The summed E-state index contributed by atoms with van der Waals surface area (Å²) in [4.78, 5) is 0. The van der Waals surface area contributed by atoms with Crippen LogP contribution in [-0.4, -0.2) is 17.1 Å². The van der Waals surface area contributed by atoms with E-state index in [1.165, 1.54) is 12.8 Å². The van der Waals surface area contributed by atoms with Crippen molar-refractivity contribution in [3.63, 3.8) is 0 Å². The second kappa shape index (κ2) is 4.19. The molecule has 0 saturated carbocycles. The molecule has 0 bridgehead atoms. The Labute approximate surface area is 88.6 Å². The molecule has 0 amide bonds. The molecule has 0 aromatic rings. The van der Waals surface area contributed by atoms with E-state index in [1.54, 1.807) is 0 Å². The van der Waals surface area contributed by atoms with Crippen LogP contribution in [0.2, 0.25) is 0 Å². The molecule has 1 aliphatic heterocycles. The van der Waals surface area contributed by atoms with Gasteiger partial charge in [-0.15, -0.1) is 0 Å². The van der Waals surface area contributed by atoms with Gasteiger partial charge in [0.25, 0.3) is 0 Å². The molecular weight excluding hydrogens is 172 g/mol. The average molecular weight is 198 g/mol. The minimum Gasteiger partial charge on any atom is -0.326 e. The number of nitrogens with two attached hydrogens (primary N) is 1. The van der Waals surface area contributed by atoms with Gasteiger partial charge in [0.05, 0.1) is 0 Å². The van der Waals surface area contributed by atoms with Crippen LogP contribution < -0.4 is 11.1 Å². The number of hydrogen-bond acceptors (Lipinski definition) is 2. The molecule has 0 aromatic carbocycles. The van der Waals surface area contributed by atoms with Crippen LogP contribution in [0.15, 0.2) is 0 Å². The Bertz CT molecular complexity index is 181. The fraction of sp³-hybridized carbons (Fsp3) is 1.00. The molecule has 14 heavy (non-hydrogen) atoms. The molecule has 1 fully saturated rings. The zero-order chi connectivity index (χ0) is 10.8. The highest BCUT2D eigenvalue weighted by Gasteiger charge is 2.48. The number of rotatable bonds is 4. The van der Waals surface area contributed by atoms with Crippen LogP contribution in [0.3, 0.4) is 0 Å². The highest BCUT2D eigenvalue weighted by atomic mass is 15.1. The van der Waals surface area contributed by atoms with Crippen molar-refractivity contribution in [2.75, 3.05) is 0 Å². The minimum atomic E-state index is 0.200. The SMILES string of the molecule is CCC1(CC)CC(N)C(CC)(CC)N1. The first-order chi connectivity index (χ1) is 6.58. The summed E-state index contributed by atoms with van der Waals surface area (Å²) in [6, 6.07) is 0.331. The van der Waals surface area contributed by atoms with E-state index in [-0.39, 0.29) is 5.54 Å². The molecule has 0 radical (unpaired) electrons. The van der Waals surface area contributed by atoms with E-state index in [0.717, 1.165) is 19.3 Å². The summed E-state index contributed by atoms with van der Waals surface area (Å²) >= 11 is 0. The molecule has 0 aromatic heterocycles. The van der Waals surface area contributed by atoms with Gasteiger partial charge in [-0.25, -0.2) is 0 Å². The minimum absolute atomic E-state index is 0.200. The molecule has 2 nitrogen and oxygen atoms in total. The van der Waals surface area contributed by atoms with E-state index in [4.69, 9.17) is 5.73 Å². The number of hydrogen-bond donors (Lipinski definition) is 2. The van der Waals surface area contributed by atoms with Gasteiger partial charge in [0.15, 0.2) is 0 Å². The lowest BCUT2D eigenvalue weighted by Crippen LogP contribution is -2.54. The molecule has 1 saturated heterocycles. The van der Waals surface area contributed by atoms with Crippen LogP contribution in [0, 0.1) is 0 Å². The Morgan fingerprint density at radius 1 is 1.07 bits per heavy atom. The second-order valence-corrected chi connectivity index (χ2v) is 4.79. The maximum atomic E-state index is 6.30. The van der Waals surface area contributed by atoms with E-state index >= 15 is 0 Å². The third kappa shape index (κ3) is 1.70. The Morgan fingerprint density at radius 3 is 1.79 bits per heavy atom. The quantitative estimate of drug-likeness (QED) is 0.728. The summed E-state index contributed by atoms with van der Waals surface area (Å²) in [6.45, 7) is 9.03.